The number of nitrogens with one attached hydrogen (secondary N) is 1. The van der Waals surface area contributed by atoms with E-state index in [1.54, 1.807) is 0 Å². The molecule has 0 aliphatic carbocycles. The van der Waals surface area contributed by atoms with Gasteiger partial charge in [-0.25, -0.2) is 0 Å². The summed E-state index contributed by atoms with van der Waals surface area (Å²) >= 11 is 0. The van der Waals surface area contributed by atoms with Gasteiger partial charge in [-0.3, -0.25) is 4.90 Å². The molecule has 0 radical (unpaired) electrons. The van der Waals surface area contributed by atoms with Crippen LogP contribution in [0.5, 0.6) is 0 Å². The maximum atomic E-state index is 3.38. The molecule has 0 amide bonds. The minimum Gasteiger partial charge on any atom is -0.304 e. The Morgan fingerprint density at radius 1 is 1.50 bits per heavy atom. The van der Waals surface area contributed by atoms with E-state index in [4.69, 9.17) is 0 Å². The van der Waals surface area contributed by atoms with Crippen molar-refractivity contribution in [1.82, 2.24) is 10.2 Å². The van der Waals surface area contributed by atoms with Crippen molar-refractivity contribution in [3.63, 3.8) is 0 Å². The highest BCUT2D eigenvalue weighted by atomic mass is 15.3. The van der Waals surface area contributed by atoms with Crippen molar-refractivity contribution in [3.8, 4) is 0 Å². The number of nitrogens with zero attached hydrogens (tertiary/aromatic N) is 1. The predicted molar refractivity (Wildman–Crippen MR) is 41.7 cm³/mol. The second-order valence-electron chi connectivity index (χ2n) is 3.04. The summed E-state index contributed by atoms with van der Waals surface area (Å²) in [6, 6.07) is 0.745. The van der Waals surface area contributed by atoms with Gasteiger partial charge in [0.15, 0.2) is 0 Å². The van der Waals surface area contributed by atoms with Gasteiger partial charge in [0.25, 0.3) is 0 Å². The van der Waals surface area contributed by atoms with E-state index >= 15 is 0 Å². The molecule has 56 valence electrons. The summed E-state index contributed by atoms with van der Waals surface area (Å²) in [5, 5.41) is 3.38. The van der Waals surface area contributed by atoms with Gasteiger partial charge >= 0.3 is 0 Å². The third kappa shape index (κ3) is 1.09. The van der Waals surface area contributed by atoms with Crippen LogP contribution in [-0.4, -0.2) is 30.7 Å². The van der Waals surface area contributed by atoms with Crippen molar-refractivity contribution >= 4 is 0 Å². The standard InChI is InChI=1S/C8H14N2/c1-2-6-10-7-9-5-4-8(10)3-1/h1,3,8-9H,2,4-7H2. The largest absolute Gasteiger partial charge is 0.304 e. The van der Waals surface area contributed by atoms with Crippen molar-refractivity contribution in [1.29, 1.82) is 0 Å². The molecule has 2 heteroatoms. The Labute approximate surface area is 61.9 Å². The van der Waals surface area contributed by atoms with Gasteiger partial charge in [-0.15, -0.1) is 0 Å². The van der Waals surface area contributed by atoms with Gasteiger partial charge in [0.2, 0.25) is 0 Å². The average molecular weight is 138 g/mol. The molecule has 2 aliphatic rings. The average Bonchev–Trinajstić information content (AvgIpc) is 2.05. The second kappa shape index (κ2) is 2.72. The van der Waals surface area contributed by atoms with Crippen LogP contribution < -0.4 is 5.32 Å². The molecule has 2 aliphatic heterocycles. The quantitative estimate of drug-likeness (QED) is 0.492. The van der Waals surface area contributed by atoms with Crippen LogP contribution in [0.1, 0.15) is 12.8 Å². The Bertz CT molecular complexity index is 142. The summed E-state index contributed by atoms with van der Waals surface area (Å²) in [6.45, 7) is 3.52. The Morgan fingerprint density at radius 3 is 3.40 bits per heavy atom. The summed E-state index contributed by atoms with van der Waals surface area (Å²) in [5.41, 5.74) is 0. The maximum Gasteiger partial charge on any atom is 0.0486 e. The van der Waals surface area contributed by atoms with Crippen molar-refractivity contribution in [2.45, 2.75) is 18.9 Å². The van der Waals surface area contributed by atoms with Gasteiger partial charge in [-0.2, -0.15) is 0 Å². The SMILES string of the molecule is C1=CC2CCNCN2CC1. The van der Waals surface area contributed by atoms with Crippen molar-refractivity contribution in [2.75, 3.05) is 19.8 Å². The molecule has 0 saturated carbocycles. The molecule has 1 N–H and O–H groups in total. The number of hydrogen-bond donors (Lipinski definition) is 1. The van der Waals surface area contributed by atoms with Crippen molar-refractivity contribution in [2.24, 2.45) is 0 Å². The third-order valence-electron chi connectivity index (χ3n) is 2.34. The van der Waals surface area contributed by atoms with Gasteiger partial charge in [-0.05, 0) is 19.4 Å². The van der Waals surface area contributed by atoms with E-state index in [0.717, 1.165) is 12.7 Å². The molecule has 0 aromatic carbocycles. The molecule has 1 fully saturated rings. The zero-order valence-electron chi connectivity index (χ0n) is 6.21. The molecule has 0 spiro atoms. The lowest BCUT2D eigenvalue weighted by Gasteiger charge is -2.36. The second-order valence-corrected chi connectivity index (χ2v) is 3.04. The highest BCUT2D eigenvalue weighted by Crippen LogP contribution is 2.13. The van der Waals surface area contributed by atoms with E-state index in [0.29, 0.717) is 0 Å². The minimum absolute atomic E-state index is 0.745. The summed E-state index contributed by atoms with van der Waals surface area (Å²) < 4.78 is 0. The molecule has 10 heavy (non-hydrogen) atoms. The Morgan fingerprint density at radius 2 is 2.50 bits per heavy atom. The summed E-state index contributed by atoms with van der Waals surface area (Å²) in [4.78, 5) is 2.50. The van der Waals surface area contributed by atoms with Crippen molar-refractivity contribution in [3.05, 3.63) is 12.2 Å². The fourth-order valence-electron chi connectivity index (χ4n) is 1.73. The molecule has 0 bridgehead atoms. The van der Waals surface area contributed by atoms with Crippen LogP contribution >= 0.6 is 0 Å². The van der Waals surface area contributed by atoms with Crippen LogP contribution in [0.25, 0.3) is 0 Å². The normalized spacial score (nSPS) is 33.8. The van der Waals surface area contributed by atoms with E-state index in [2.05, 4.69) is 22.4 Å². The van der Waals surface area contributed by atoms with E-state index in [1.807, 2.05) is 0 Å². The molecule has 1 unspecified atom stereocenters. The first-order valence-corrected chi connectivity index (χ1v) is 4.08. The zero-order chi connectivity index (χ0) is 6.81. The van der Waals surface area contributed by atoms with Gasteiger partial charge in [-0.1, -0.05) is 12.2 Å². The first kappa shape index (κ1) is 6.38. The van der Waals surface area contributed by atoms with Crippen LogP contribution in [0.15, 0.2) is 12.2 Å². The topological polar surface area (TPSA) is 15.3 Å². The van der Waals surface area contributed by atoms with Gasteiger partial charge in [0.05, 0.1) is 0 Å². The lowest BCUT2D eigenvalue weighted by atomic mass is 10.1. The van der Waals surface area contributed by atoms with Gasteiger partial charge in [0.1, 0.15) is 0 Å². The zero-order valence-corrected chi connectivity index (χ0v) is 6.21. The summed E-state index contributed by atoms with van der Waals surface area (Å²) in [5.74, 6) is 0. The van der Waals surface area contributed by atoms with E-state index in [1.165, 1.54) is 25.9 Å². The Hall–Kier alpha value is -0.340. The third-order valence-corrected chi connectivity index (χ3v) is 2.34. The first-order chi connectivity index (χ1) is 4.97. The van der Waals surface area contributed by atoms with Gasteiger partial charge < -0.3 is 5.32 Å². The molecular weight excluding hydrogens is 124 g/mol. The summed E-state index contributed by atoms with van der Waals surface area (Å²) in [7, 11) is 0. The lowest BCUT2D eigenvalue weighted by Crippen LogP contribution is -2.48. The monoisotopic (exact) mass is 138 g/mol. The number of fused-ring (bicyclic) bond motifs is 1. The van der Waals surface area contributed by atoms with Crippen LogP contribution in [0.2, 0.25) is 0 Å². The van der Waals surface area contributed by atoms with Crippen LogP contribution in [-0.2, 0) is 0 Å². The fourth-order valence-corrected chi connectivity index (χ4v) is 1.73. The molecule has 2 heterocycles. The number of hydrogen-bond acceptors (Lipinski definition) is 2. The molecule has 1 atom stereocenters. The van der Waals surface area contributed by atoms with Crippen LogP contribution in [0, 0.1) is 0 Å². The Kier molecular flexibility index (Phi) is 1.74. The predicted octanol–water partition coefficient (Wildman–Crippen LogP) is 0.568. The molecule has 1 saturated heterocycles. The number of rotatable bonds is 0. The molecule has 0 aromatic rings. The first-order valence-electron chi connectivity index (χ1n) is 4.08. The summed E-state index contributed by atoms with van der Waals surface area (Å²) in [6.07, 6.45) is 7.19. The van der Waals surface area contributed by atoms with E-state index in [9.17, 15) is 0 Å². The Balaban J connectivity index is 2.03. The molecule has 2 rings (SSSR count). The van der Waals surface area contributed by atoms with Crippen molar-refractivity contribution < 1.29 is 0 Å². The highest BCUT2D eigenvalue weighted by molar-refractivity contribution is 5.00. The van der Waals surface area contributed by atoms with Gasteiger partial charge in [0, 0.05) is 19.3 Å². The van der Waals surface area contributed by atoms with Crippen LogP contribution in [0.4, 0.5) is 0 Å². The van der Waals surface area contributed by atoms with E-state index in [-0.39, 0.29) is 0 Å². The molecule has 2 nitrogen and oxygen atoms in total. The molecule has 0 aromatic heterocycles. The smallest absolute Gasteiger partial charge is 0.0486 e. The lowest BCUT2D eigenvalue weighted by molar-refractivity contribution is 0.164. The minimum atomic E-state index is 0.745. The molecular formula is C8H14N2. The van der Waals surface area contributed by atoms with Crippen LogP contribution in [0.3, 0.4) is 0 Å². The maximum absolute atomic E-state index is 3.38. The fraction of sp³-hybridized carbons (Fsp3) is 0.750. The van der Waals surface area contributed by atoms with E-state index < -0.39 is 0 Å². The highest BCUT2D eigenvalue weighted by Gasteiger charge is 2.20.